The van der Waals surface area contributed by atoms with Crippen molar-refractivity contribution in [3.63, 3.8) is 0 Å². The van der Waals surface area contributed by atoms with E-state index in [-0.39, 0.29) is 0 Å². The van der Waals surface area contributed by atoms with Gasteiger partial charge in [0.2, 0.25) is 0 Å². The lowest BCUT2D eigenvalue weighted by Gasteiger charge is -2.29. The van der Waals surface area contributed by atoms with Crippen LogP contribution in [0.4, 0.5) is 0 Å². The standard InChI is InChI=1S/C16H21BrO2Si/c1-18-13-7-9-10(8-14(13)19-2)12-6-11(9)15(17)16(12)20(3,4)5/h7-8,11-12H,6H2,1-5H3/t11-,12+/m0/s1. The molecule has 2 aliphatic carbocycles. The summed E-state index contributed by atoms with van der Waals surface area (Å²) < 4.78 is 12.4. The van der Waals surface area contributed by atoms with Crippen molar-refractivity contribution in [2.75, 3.05) is 14.2 Å². The number of benzene rings is 1. The summed E-state index contributed by atoms with van der Waals surface area (Å²) in [6.07, 6.45) is 1.21. The second-order valence-corrected chi connectivity index (χ2v) is 12.6. The van der Waals surface area contributed by atoms with Gasteiger partial charge in [-0.1, -0.05) is 40.8 Å². The van der Waals surface area contributed by atoms with Crippen LogP contribution in [0.15, 0.2) is 21.8 Å². The van der Waals surface area contributed by atoms with Gasteiger partial charge in [0.15, 0.2) is 11.5 Å². The van der Waals surface area contributed by atoms with Crippen LogP contribution in [0.5, 0.6) is 11.5 Å². The molecule has 0 radical (unpaired) electrons. The molecule has 1 aromatic carbocycles. The van der Waals surface area contributed by atoms with Crippen molar-refractivity contribution in [1.82, 2.24) is 0 Å². The highest BCUT2D eigenvalue weighted by Crippen LogP contribution is 2.61. The van der Waals surface area contributed by atoms with Gasteiger partial charge >= 0.3 is 0 Å². The lowest BCUT2D eigenvalue weighted by Crippen LogP contribution is -2.28. The molecule has 0 aliphatic heterocycles. The Morgan fingerprint density at radius 3 is 1.95 bits per heavy atom. The van der Waals surface area contributed by atoms with Gasteiger partial charge in [-0.05, 0) is 34.2 Å². The Balaban J connectivity index is 2.14. The van der Waals surface area contributed by atoms with E-state index in [2.05, 4.69) is 47.7 Å². The van der Waals surface area contributed by atoms with E-state index in [9.17, 15) is 0 Å². The molecule has 2 bridgehead atoms. The minimum Gasteiger partial charge on any atom is -0.493 e. The van der Waals surface area contributed by atoms with E-state index in [1.165, 1.54) is 22.0 Å². The molecule has 0 saturated heterocycles. The fourth-order valence-corrected chi connectivity index (χ4v) is 8.46. The van der Waals surface area contributed by atoms with Gasteiger partial charge in [0.1, 0.15) is 0 Å². The third-order valence-corrected chi connectivity index (χ3v) is 8.11. The summed E-state index contributed by atoms with van der Waals surface area (Å²) in [5.41, 5.74) is 2.87. The van der Waals surface area contributed by atoms with Crippen LogP contribution < -0.4 is 9.47 Å². The van der Waals surface area contributed by atoms with Gasteiger partial charge in [-0.3, -0.25) is 0 Å². The first-order chi connectivity index (χ1) is 9.38. The first-order valence-corrected chi connectivity index (χ1v) is 11.3. The third kappa shape index (κ3) is 1.88. The van der Waals surface area contributed by atoms with Crippen molar-refractivity contribution in [2.24, 2.45) is 0 Å². The largest absolute Gasteiger partial charge is 0.493 e. The van der Waals surface area contributed by atoms with Gasteiger partial charge in [0.05, 0.1) is 22.3 Å². The van der Waals surface area contributed by atoms with Crippen molar-refractivity contribution < 1.29 is 9.47 Å². The number of rotatable bonds is 3. The van der Waals surface area contributed by atoms with Gasteiger partial charge in [0, 0.05) is 11.8 Å². The third-order valence-electron chi connectivity index (χ3n) is 4.53. The molecule has 20 heavy (non-hydrogen) atoms. The molecule has 108 valence electrons. The van der Waals surface area contributed by atoms with E-state index in [1.54, 1.807) is 19.4 Å². The smallest absolute Gasteiger partial charge is 0.161 e. The van der Waals surface area contributed by atoms with Crippen molar-refractivity contribution in [2.45, 2.75) is 37.9 Å². The maximum atomic E-state index is 5.48. The number of halogens is 1. The van der Waals surface area contributed by atoms with Gasteiger partial charge < -0.3 is 9.47 Å². The van der Waals surface area contributed by atoms with E-state index in [1.807, 2.05) is 0 Å². The van der Waals surface area contributed by atoms with E-state index in [4.69, 9.17) is 9.47 Å². The Morgan fingerprint density at radius 1 is 1.00 bits per heavy atom. The molecule has 4 heteroatoms. The number of ether oxygens (including phenoxy) is 2. The van der Waals surface area contributed by atoms with Crippen LogP contribution in [0.3, 0.4) is 0 Å². The Labute approximate surface area is 130 Å². The number of methoxy groups -OCH3 is 2. The highest BCUT2D eigenvalue weighted by molar-refractivity contribution is 9.11. The highest BCUT2D eigenvalue weighted by Gasteiger charge is 2.46. The number of hydrogen-bond acceptors (Lipinski definition) is 2. The van der Waals surface area contributed by atoms with E-state index in [0.717, 1.165) is 11.5 Å². The molecule has 3 rings (SSSR count). The maximum Gasteiger partial charge on any atom is 0.161 e. The Bertz CT molecular complexity index is 601. The number of allylic oxidation sites excluding steroid dienone is 2. The maximum absolute atomic E-state index is 5.48. The van der Waals surface area contributed by atoms with Gasteiger partial charge in [-0.2, -0.15) is 0 Å². The molecular formula is C16H21BrO2Si. The minimum atomic E-state index is -1.30. The average molecular weight is 353 g/mol. The molecule has 0 N–H and O–H groups in total. The van der Waals surface area contributed by atoms with Crippen LogP contribution in [0, 0.1) is 0 Å². The van der Waals surface area contributed by atoms with Crippen molar-refractivity contribution in [3.05, 3.63) is 32.9 Å². The van der Waals surface area contributed by atoms with Crippen LogP contribution in [-0.4, -0.2) is 22.3 Å². The molecule has 0 aromatic heterocycles. The lowest BCUT2D eigenvalue weighted by molar-refractivity contribution is 0.354. The summed E-state index contributed by atoms with van der Waals surface area (Å²) in [5, 5.41) is 1.68. The van der Waals surface area contributed by atoms with E-state index in [0.29, 0.717) is 11.8 Å². The molecule has 2 aliphatic rings. The Kier molecular flexibility index (Phi) is 3.29. The average Bonchev–Trinajstić information content (AvgIpc) is 2.91. The zero-order valence-corrected chi connectivity index (χ0v) is 15.3. The fraction of sp³-hybridized carbons (Fsp3) is 0.500. The first kappa shape index (κ1) is 14.2. The van der Waals surface area contributed by atoms with Crippen LogP contribution in [0.1, 0.15) is 29.4 Å². The van der Waals surface area contributed by atoms with Crippen LogP contribution in [0.25, 0.3) is 0 Å². The Hall–Kier alpha value is -0.743. The van der Waals surface area contributed by atoms with Gasteiger partial charge in [-0.15, -0.1) is 0 Å². The molecule has 2 atom stereocenters. The van der Waals surface area contributed by atoms with Crippen LogP contribution >= 0.6 is 15.9 Å². The zero-order chi connectivity index (χ0) is 14.7. The minimum absolute atomic E-state index is 0.525. The molecule has 1 aromatic rings. The summed E-state index contributed by atoms with van der Waals surface area (Å²) >= 11 is 3.89. The second-order valence-electron chi connectivity index (χ2n) is 6.69. The zero-order valence-electron chi connectivity index (χ0n) is 12.7. The van der Waals surface area contributed by atoms with Gasteiger partial charge in [-0.25, -0.2) is 0 Å². The summed E-state index contributed by atoms with van der Waals surface area (Å²) in [4.78, 5) is 0. The molecule has 0 heterocycles. The molecule has 0 spiro atoms. The van der Waals surface area contributed by atoms with Crippen molar-refractivity contribution in [3.8, 4) is 11.5 Å². The molecule has 0 amide bonds. The highest BCUT2D eigenvalue weighted by atomic mass is 79.9. The number of fused-ring (bicyclic) bond motifs is 5. The predicted molar refractivity (Wildman–Crippen MR) is 88.9 cm³/mol. The monoisotopic (exact) mass is 352 g/mol. The van der Waals surface area contributed by atoms with E-state index < -0.39 is 8.07 Å². The number of hydrogen-bond donors (Lipinski definition) is 0. The fourth-order valence-electron chi connectivity index (χ4n) is 3.75. The molecule has 0 unspecified atom stereocenters. The van der Waals surface area contributed by atoms with Crippen LogP contribution in [-0.2, 0) is 0 Å². The Morgan fingerprint density at radius 2 is 1.50 bits per heavy atom. The molecule has 0 fully saturated rings. The van der Waals surface area contributed by atoms with E-state index >= 15 is 0 Å². The summed E-state index contributed by atoms with van der Waals surface area (Å²) in [6.45, 7) is 7.31. The van der Waals surface area contributed by atoms with Crippen molar-refractivity contribution in [1.29, 1.82) is 0 Å². The normalized spacial score (nSPS) is 24.1. The molecule has 2 nitrogen and oxygen atoms in total. The lowest BCUT2D eigenvalue weighted by atomic mass is 9.96. The second kappa shape index (κ2) is 4.63. The van der Waals surface area contributed by atoms with Crippen LogP contribution in [0.2, 0.25) is 19.6 Å². The summed E-state index contributed by atoms with van der Waals surface area (Å²) in [5.74, 6) is 2.80. The quantitative estimate of drug-likeness (QED) is 0.726. The summed E-state index contributed by atoms with van der Waals surface area (Å²) in [6, 6.07) is 4.36. The van der Waals surface area contributed by atoms with Crippen molar-refractivity contribution >= 4 is 24.0 Å². The predicted octanol–water partition coefficient (Wildman–Crippen LogP) is 4.81. The summed E-state index contributed by atoms with van der Waals surface area (Å²) in [7, 11) is 2.12. The first-order valence-electron chi connectivity index (χ1n) is 7.04. The molecule has 0 saturated carbocycles. The molecular weight excluding hydrogens is 332 g/mol. The SMILES string of the molecule is COc1cc2c(cc1OC)[C@H]1C[C@@H]2C(Br)=C1[Si](C)(C)C. The topological polar surface area (TPSA) is 18.5 Å². The van der Waals surface area contributed by atoms with Gasteiger partial charge in [0.25, 0.3) is 0 Å².